The molecule has 25 heavy (non-hydrogen) atoms. The van der Waals surface area contributed by atoms with Crippen LogP contribution in [-0.2, 0) is 6.54 Å². The number of hydrogen-bond acceptors (Lipinski definition) is 2. The van der Waals surface area contributed by atoms with Gasteiger partial charge in [-0.2, -0.15) is 0 Å². The second kappa shape index (κ2) is 6.45. The number of nitrogens with zero attached hydrogens (tertiary/aromatic N) is 2. The zero-order valence-electron chi connectivity index (χ0n) is 13.5. The molecule has 1 fully saturated rings. The molecule has 0 bridgehead atoms. The third-order valence-electron chi connectivity index (χ3n) is 4.45. The largest absolute Gasteiger partial charge is 0.331 e. The zero-order valence-corrected chi connectivity index (χ0v) is 14.2. The van der Waals surface area contributed by atoms with E-state index in [-0.39, 0.29) is 24.3 Å². The normalized spacial score (nSPS) is 13.8. The number of aromatic nitrogens is 1. The van der Waals surface area contributed by atoms with Crippen LogP contribution in [0.2, 0.25) is 5.15 Å². The predicted octanol–water partition coefficient (Wildman–Crippen LogP) is 4.83. The van der Waals surface area contributed by atoms with Gasteiger partial charge in [-0.1, -0.05) is 29.8 Å². The van der Waals surface area contributed by atoms with Gasteiger partial charge in [-0.15, -0.1) is 0 Å². The highest BCUT2D eigenvalue weighted by Gasteiger charge is 2.33. The highest BCUT2D eigenvalue weighted by molar-refractivity contribution is 6.29. The topological polar surface area (TPSA) is 33.2 Å². The van der Waals surface area contributed by atoms with Crippen LogP contribution >= 0.6 is 11.6 Å². The lowest BCUT2D eigenvalue weighted by Crippen LogP contribution is -2.32. The molecule has 1 saturated carbocycles. The molecule has 1 amide bonds. The Morgan fingerprint density at radius 2 is 1.96 bits per heavy atom. The molecule has 1 heterocycles. The quantitative estimate of drug-likeness (QED) is 0.628. The monoisotopic (exact) mass is 354 g/mol. The Balaban J connectivity index is 1.65. The van der Waals surface area contributed by atoms with E-state index in [9.17, 15) is 9.18 Å². The second-order valence-corrected chi connectivity index (χ2v) is 6.68. The van der Waals surface area contributed by atoms with Gasteiger partial charge in [-0.05, 0) is 49.2 Å². The summed E-state index contributed by atoms with van der Waals surface area (Å²) in [5.74, 6) is -0.360. The molecule has 1 aliphatic carbocycles. The van der Waals surface area contributed by atoms with Gasteiger partial charge in [-0.3, -0.25) is 4.79 Å². The first-order chi connectivity index (χ1) is 12.1. The van der Waals surface area contributed by atoms with Crippen molar-refractivity contribution >= 4 is 28.4 Å². The van der Waals surface area contributed by atoms with Crippen LogP contribution in [0.15, 0.2) is 54.6 Å². The lowest BCUT2D eigenvalue weighted by molar-refractivity contribution is 0.0728. The van der Waals surface area contributed by atoms with E-state index in [4.69, 9.17) is 11.6 Å². The molecule has 126 valence electrons. The van der Waals surface area contributed by atoms with E-state index in [1.54, 1.807) is 41.3 Å². The van der Waals surface area contributed by atoms with Crippen LogP contribution in [0, 0.1) is 5.82 Å². The Bertz CT molecular complexity index is 955. The number of fused-ring (bicyclic) bond motifs is 1. The average molecular weight is 355 g/mol. The van der Waals surface area contributed by atoms with E-state index in [1.165, 1.54) is 6.07 Å². The molecule has 1 aliphatic rings. The van der Waals surface area contributed by atoms with Gasteiger partial charge in [0, 0.05) is 29.1 Å². The molecule has 2 aromatic carbocycles. The summed E-state index contributed by atoms with van der Waals surface area (Å²) in [6.45, 7) is 0.285. The average Bonchev–Trinajstić information content (AvgIpc) is 3.45. The van der Waals surface area contributed by atoms with E-state index >= 15 is 0 Å². The van der Waals surface area contributed by atoms with Crippen molar-refractivity contribution in [2.24, 2.45) is 0 Å². The Hall–Kier alpha value is -2.46. The Kier molecular flexibility index (Phi) is 4.14. The summed E-state index contributed by atoms with van der Waals surface area (Å²) in [5, 5.41) is 1.28. The summed E-state index contributed by atoms with van der Waals surface area (Å²) < 4.78 is 14.0. The van der Waals surface area contributed by atoms with Crippen LogP contribution in [0.1, 0.15) is 28.8 Å². The molecule has 5 heteroatoms. The minimum atomic E-state index is -0.279. The number of rotatable bonds is 4. The van der Waals surface area contributed by atoms with E-state index in [2.05, 4.69) is 4.98 Å². The van der Waals surface area contributed by atoms with Crippen molar-refractivity contribution in [2.45, 2.75) is 25.4 Å². The molecule has 4 rings (SSSR count). The molecular weight excluding hydrogens is 339 g/mol. The first-order valence-electron chi connectivity index (χ1n) is 8.22. The summed E-state index contributed by atoms with van der Waals surface area (Å²) in [6, 6.07) is 15.7. The summed E-state index contributed by atoms with van der Waals surface area (Å²) in [5.41, 5.74) is 1.87. The third kappa shape index (κ3) is 3.35. The number of pyridine rings is 1. The minimum absolute atomic E-state index is 0.0809. The van der Waals surface area contributed by atoms with Crippen LogP contribution in [-0.4, -0.2) is 21.8 Å². The van der Waals surface area contributed by atoms with Crippen molar-refractivity contribution in [3.05, 3.63) is 76.7 Å². The van der Waals surface area contributed by atoms with Crippen molar-refractivity contribution in [3.8, 4) is 0 Å². The standard InChI is InChI=1S/C20H16ClFN2O/c21-19-10-6-13-11-14(5-9-18(13)23-19)20(25)24(16-7-8-16)12-15-3-1-2-4-17(15)22/h1-6,9-11,16H,7-8,12H2. The summed E-state index contributed by atoms with van der Waals surface area (Å²) in [6.07, 6.45) is 1.93. The molecule has 1 aromatic heterocycles. The number of hydrogen-bond donors (Lipinski definition) is 0. The van der Waals surface area contributed by atoms with Crippen molar-refractivity contribution in [3.63, 3.8) is 0 Å². The van der Waals surface area contributed by atoms with Gasteiger partial charge in [0.25, 0.3) is 5.91 Å². The first-order valence-corrected chi connectivity index (χ1v) is 8.60. The molecule has 0 aliphatic heterocycles. The van der Waals surface area contributed by atoms with E-state index < -0.39 is 0 Å². The Morgan fingerprint density at radius 3 is 2.72 bits per heavy atom. The molecule has 0 spiro atoms. The Morgan fingerprint density at radius 1 is 1.16 bits per heavy atom. The van der Waals surface area contributed by atoms with E-state index in [0.29, 0.717) is 16.3 Å². The van der Waals surface area contributed by atoms with Gasteiger partial charge < -0.3 is 4.90 Å². The molecule has 0 N–H and O–H groups in total. The summed E-state index contributed by atoms with van der Waals surface area (Å²) in [4.78, 5) is 19.0. The summed E-state index contributed by atoms with van der Waals surface area (Å²) >= 11 is 5.90. The first kappa shape index (κ1) is 16.0. The summed E-state index contributed by atoms with van der Waals surface area (Å²) in [7, 11) is 0. The van der Waals surface area contributed by atoms with Crippen LogP contribution in [0.25, 0.3) is 10.9 Å². The minimum Gasteiger partial charge on any atom is -0.331 e. The Labute approximate surface area is 150 Å². The highest BCUT2D eigenvalue weighted by Crippen LogP contribution is 2.31. The molecular formula is C20H16ClFN2O. The maximum atomic E-state index is 14.0. The van der Waals surface area contributed by atoms with Crippen molar-refractivity contribution in [1.82, 2.24) is 9.88 Å². The van der Waals surface area contributed by atoms with E-state index in [0.717, 1.165) is 23.7 Å². The van der Waals surface area contributed by atoms with Crippen molar-refractivity contribution < 1.29 is 9.18 Å². The number of amides is 1. The van der Waals surface area contributed by atoms with Crippen molar-refractivity contribution in [1.29, 1.82) is 0 Å². The number of carbonyl (C=O) groups excluding carboxylic acids is 1. The SMILES string of the molecule is O=C(c1ccc2nc(Cl)ccc2c1)N(Cc1ccccc1F)C1CC1. The van der Waals surface area contributed by atoms with Crippen LogP contribution in [0.4, 0.5) is 4.39 Å². The van der Waals surface area contributed by atoms with Gasteiger partial charge >= 0.3 is 0 Å². The lowest BCUT2D eigenvalue weighted by Gasteiger charge is -2.23. The molecule has 3 nitrogen and oxygen atoms in total. The fourth-order valence-electron chi connectivity index (χ4n) is 2.96. The predicted molar refractivity (Wildman–Crippen MR) is 96.0 cm³/mol. The van der Waals surface area contributed by atoms with E-state index in [1.807, 2.05) is 12.1 Å². The number of halogens is 2. The molecule has 0 atom stereocenters. The molecule has 3 aromatic rings. The third-order valence-corrected chi connectivity index (χ3v) is 4.66. The zero-order chi connectivity index (χ0) is 17.4. The van der Waals surface area contributed by atoms with Gasteiger partial charge in [0.05, 0.1) is 5.52 Å². The molecule has 0 saturated heterocycles. The van der Waals surface area contributed by atoms with Crippen LogP contribution < -0.4 is 0 Å². The van der Waals surface area contributed by atoms with Gasteiger partial charge in [-0.25, -0.2) is 9.37 Å². The fraction of sp³-hybridized carbons (Fsp3) is 0.200. The van der Waals surface area contributed by atoms with Gasteiger partial charge in [0.15, 0.2) is 0 Å². The molecule has 0 radical (unpaired) electrons. The maximum absolute atomic E-state index is 14.0. The highest BCUT2D eigenvalue weighted by atomic mass is 35.5. The number of carbonyl (C=O) groups is 1. The van der Waals surface area contributed by atoms with Crippen LogP contribution in [0.5, 0.6) is 0 Å². The van der Waals surface area contributed by atoms with Crippen molar-refractivity contribution in [2.75, 3.05) is 0 Å². The maximum Gasteiger partial charge on any atom is 0.254 e. The second-order valence-electron chi connectivity index (χ2n) is 6.30. The fourth-order valence-corrected chi connectivity index (χ4v) is 3.12. The lowest BCUT2D eigenvalue weighted by atomic mass is 10.1. The van der Waals surface area contributed by atoms with Crippen LogP contribution in [0.3, 0.4) is 0 Å². The smallest absolute Gasteiger partial charge is 0.254 e. The van der Waals surface area contributed by atoms with Gasteiger partial charge in [0.1, 0.15) is 11.0 Å². The molecule has 0 unspecified atom stereocenters. The number of benzene rings is 2. The van der Waals surface area contributed by atoms with Gasteiger partial charge in [0.2, 0.25) is 0 Å².